The number of imidazole rings is 1. The Morgan fingerprint density at radius 3 is 1.14 bits per heavy atom. The molecule has 0 atom stereocenters. The maximum atomic E-state index is 11.8. The summed E-state index contributed by atoms with van der Waals surface area (Å²) in [4.78, 5) is 66.6. The lowest BCUT2D eigenvalue weighted by Crippen LogP contribution is -2.14. The first-order valence-corrected chi connectivity index (χ1v) is 24.1. The predicted molar refractivity (Wildman–Crippen MR) is 282 cm³/mol. The molecule has 0 fully saturated rings. The van der Waals surface area contributed by atoms with Gasteiger partial charge in [0.2, 0.25) is 11.6 Å². The second-order valence-corrected chi connectivity index (χ2v) is 17.9. The number of carbonyl (C=O) groups is 5. The Morgan fingerprint density at radius 1 is 0.380 bits per heavy atom. The summed E-state index contributed by atoms with van der Waals surface area (Å²) in [5.74, 6) is -0.0419. The average molecular weight is 929 g/mol. The summed E-state index contributed by atoms with van der Waals surface area (Å²) < 4.78 is 0. The number of nitrogens with zero attached hydrogens (tertiary/aromatic N) is 1. The lowest BCUT2D eigenvalue weighted by molar-refractivity contribution is 0.0817. The second kappa shape index (κ2) is 22.6. The highest BCUT2D eigenvalue weighted by molar-refractivity contribution is 6.49. The van der Waals surface area contributed by atoms with Crippen LogP contribution in [0, 0.1) is 0 Å². The number of hydrogen-bond donors (Lipinski definition) is 1. The number of Topliss-reactive ketones (excluding diaryl/α,β-unsaturated/α-hetero) is 2. The van der Waals surface area contributed by atoms with Crippen LogP contribution in [0.15, 0.2) is 194 Å². The lowest BCUT2D eigenvalue weighted by atomic mass is 9.91. The first kappa shape index (κ1) is 47.4. The molecule has 8 aliphatic carbocycles. The van der Waals surface area contributed by atoms with Gasteiger partial charge in [0.15, 0.2) is 0 Å². The average Bonchev–Trinajstić information content (AvgIpc) is 3.88. The molecule has 0 amide bonds. The molecule has 8 bridgehead atoms. The highest BCUT2D eigenvalue weighted by atomic mass is 16.2. The van der Waals surface area contributed by atoms with E-state index < -0.39 is 11.6 Å². The predicted octanol–water partition coefficient (Wildman–Crippen LogP) is 13.1. The minimum absolute atomic E-state index is 0.427. The van der Waals surface area contributed by atoms with Gasteiger partial charge in [-0.05, 0) is 120 Å². The number of aromatic amines is 1. The summed E-state index contributed by atoms with van der Waals surface area (Å²) in [6.07, 6.45) is 9.71. The van der Waals surface area contributed by atoms with E-state index >= 15 is 0 Å². The van der Waals surface area contributed by atoms with Crippen molar-refractivity contribution in [1.29, 1.82) is 0 Å². The van der Waals surface area contributed by atoms with E-state index in [0.717, 1.165) is 138 Å². The van der Waals surface area contributed by atoms with Gasteiger partial charge in [-0.2, -0.15) is 0 Å². The van der Waals surface area contributed by atoms with Gasteiger partial charge in [0.1, 0.15) is 24.7 Å². The van der Waals surface area contributed by atoms with Crippen LogP contribution in [0.2, 0.25) is 0 Å². The maximum absolute atomic E-state index is 11.8. The molecular formula is C64H52N2O5. The molecule has 0 spiro atoms. The molecule has 0 aliphatic heterocycles. The first-order chi connectivity index (χ1) is 34.9. The third kappa shape index (κ3) is 11.4. The number of aromatic nitrogens is 2. The zero-order valence-electron chi connectivity index (χ0n) is 39.4. The summed E-state index contributed by atoms with van der Waals surface area (Å²) >= 11 is 0. The van der Waals surface area contributed by atoms with Crippen molar-refractivity contribution in [1.82, 2.24) is 9.97 Å². The van der Waals surface area contributed by atoms with Crippen molar-refractivity contribution >= 4 is 30.4 Å². The van der Waals surface area contributed by atoms with Crippen LogP contribution in [0.1, 0.15) is 96.3 Å². The number of H-pyrrole nitrogens is 1. The van der Waals surface area contributed by atoms with Crippen LogP contribution in [0.25, 0.3) is 33.9 Å². The number of aldehydes is 3. The van der Waals surface area contributed by atoms with E-state index in [1.54, 1.807) is 48.5 Å². The van der Waals surface area contributed by atoms with Gasteiger partial charge in [0.05, 0.1) is 11.4 Å². The Morgan fingerprint density at radius 2 is 0.732 bits per heavy atom. The SMILES string of the molecule is O=C(C(=O)c1ccccc1)c1ccccc1.O=Cc1cc2ccc1CCc1ccc(cc1-c1nc(-c3ccccc3)c(-c3ccccc3)[nH]1)CC2.O=Cc1cc2ccc1CCc1ccc(cc1C=O)CC2. The van der Waals surface area contributed by atoms with Gasteiger partial charge >= 0.3 is 0 Å². The van der Waals surface area contributed by atoms with Gasteiger partial charge in [-0.25, -0.2) is 4.98 Å². The molecular weight excluding hydrogens is 877 g/mol. The van der Waals surface area contributed by atoms with E-state index in [4.69, 9.17) is 4.98 Å². The van der Waals surface area contributed by atoms with E-state index in [1.165, 1.54) is 27.8 Å². The Hall–Kier alpha value is -8.68. The van der Waals surface area contributed by atoms with Crippen LogP contribution < -0.4 is 0 Å². The molecule has 0 radical (unpaired) electrons. The van der Waals surface area contributed by atoms with Crippen molar-refractivity contribution in [3.05, 3.63) is 266 Å². The quantitative estimate of drug-likeness (QED) is 0.0876. The molecule has 7 nitrogen and oxygen atoms in total. The van der Waals surface area contributed by atoms with Crippen LogP contribution in [-0.2, 0) is 51.4 Å². The van der Waals surface area contributed by atoms with Gasteiger partial charge < -0.3 is 4.98 Å². The van der Waals surface area contributed by atoms with Crippen molar-refractivity contribution in [2.45, 2.75) is 51.4 Å². The third-order valence-corrected chi connectivity index (χ3v) is 13.3. The molecule has 8 aromatic carbocycles. The van der Waals surface area contributed by atoms with E-state index in [1.807, 2.05) is 48.5 Å². The minimum atomic E-state index is -0.466. The largest absolute Gasteiger partial charge is 0.337 e. The molecule has 7 heteroatoms. The minimum Gasteiger partial charge on any atom is -0.337 e. The summed E-state index contributed by atoms with van der Waals surface area (Å²) in [7, 11) is 0. The van der Waals surface area contributed by atoms with Crippen LogP contribution in [-0.4, -0.2) is 40.4 Å². The van der Waals surface area contributed by atoms with Gasteiger partial charge in [0, 0.05) is 44.5 Å². The maximum Gasteiger partial charge on any atom is 0.233 e. The lowest BCUT2D eigenvalue weighted by Gasteiger charge is -2.14. The molecule has 348 valence electrons. The van der Waals surface area contributed by atoms with E-state index in [2.05, 4.69) is 102 Å². The van der Waals surface area contributed by atoms with Gasteiger partial charge in [-0.3, -0.25) is 24.0 Å². The number of benzene rings is 8. The van der Waals surface area contributed by atoms with Crippen molar-refractivity contribution in [3.63, 3.8) is 0 Å². The smallest absolute Gasteiger partial charge is 0.233 e. The number of ketones is 2. The second-order valence-electron chi connectivity index (χ2n) is 17.9. The van der Waals surface area contributed by atoms with E-state index in [-0.39, 0.29) is 0 Å². The Labute approximate surface area is 414 Å². The first-order valence-electron chi connectivity index (χ1n) is 24.1. The Bertz CT molecular complexity index is 3180. The highest BCUT2D eigenvalue weighted by Gasteiger charge is 2.20. The summed E-state index contributed by atoms with van der Waals surface area (Å²) in [6.45, 7) is 0. The van der Waals surface area contributed by atoms with Crippen molar-refractivity contribution in [3.8, 4) is 33.9 Å². The molecule has 1 N–H and O–H groups in total. The fourth-order valence-corrected chi connectivity index (χ4v) is 9.31. The fraction of sp³-hybridized carbons (Fsp3) is 0.125. The number of aryl methyl sites for hydroxylation is 8. The normalized spacial score (nSPS) is 12.3. The van der Waals surface area contributed by atoms with Crippen molar-refractivity contribution in [2.75, 3.05) is 0 Å². The molecule has 9 aromatic rings. The van der Waals surface area contributed by atoms with E-state index in [9.17, 15) is 24.0 Å². The third-order valence-electron chi connectivity index (χ3n) is 13.3. The number of carbonyl (C=O) groups excluding carboxylic acids is 5. The summed E-state index contributed by atoms with van der Waals surface area (Å²) in [5, 5.41) is 0. The topological polar surface area (TPSA) is 114 Å². The summed E-state index contributed by atoms with van der Waals surface area (Å²) in [6, 6.07) is 63.4. The molecule has 0 saturated carbocycles. The molecule has 1 aromatic heterocycles. The van der Waals surface area contributed by atoms with Crippen molar-refractivity contribution in [2.24, 2.45) is 0 Å². The number of hydrogen-bond acceptors (Lipinski definition) is 6. The van der Waals surface area contributed by atoms with Crippen LogP contribution in [0.4, 0.5) is 0 Å². The fourth-order valence-electron chi connectivity index (χ4n) is 9.31. The molecule has 71 heavy (non-hydrogen) atoms. The van der Waals surface area contributed by atoms with Crippen molar-refractivity contribution < 1.29 is 24.0 Å². The molecule has 17 rings (SSSR count). The van der Waals surface area contributed by atoms with Gasteiger partial charge in [-0.15, -0.1) is 0 Å². The molecule has 0 unspecified atom stereocenters. The van der Waals surface area contributed by atoms with Gasteiger partial charge in [0.25, 0.3) is 0 Å². The monoisotopic (exact) mass is 928 g/mol. The Kier molecular flexibility index (Phi) is 15.1. The summed E-state index contributed by atoms with van der Waals surface area (Å²) in [5.41, 5.74) is 17.9. The van der Waals surface area contributed by atoms with Crippen LogP contribution in [0.5, 0.6) is 0 Å². The number of nitrogens with one attached hydrogen (secondary N) is 1. The Balaban J connectivity index is 0.000000146. The molecule has 1 heterocycles. The molecule has 8 aliphatic rings. The standard InChI is InChI=1S/C32H26N2O.C18H16O2.C14H10O2/c35-21-28-19-22-11-12-23-14-16-25(18-17-24(28)15-13-22)29(20-23)32-33-30(26-7-3-1-4-8-26)31(34-32)27-9-5-2-6-10-27;19-11-17-9-13-1-2-14-4-6-16(18(10-14)12-20)8-7-15(17)5-3-13;15-13(11-7-3-1-4-8-11)14(16)12-9-5-2-6-10-12/h1-10,13-16,19-21H,11-12,17-18H2,(H,33,34);3-6,9-12H,1-2,7-8H2;1-10H. The van der Waals surface area contributed by atoms with Gasteiger partial charge in [-0.1, -0.05) is 170 Å². The van der Waals surface area contributed by atoms with Crippen LogP contribution >= 0.6 is 0 Å². The zero-order valence-corrected chi connectivity index (χ0v) is 39.4. The number of rotatable bonds is 9. The van der Waals surface area contributed by atoms with Crippen LogP contribution in [0.3, 0.4) is 0 Å². The van der Waals surface area contributed by atoms with E-state index in [0.29, 0.717) is 11.1 Å². The molecule has 0 saturated heterocycles. The zero-order chi connectivity index (χ0) is 48.9. The highest BCUT2D eigenvalue weighted by Crippen LogP contribution is 2.35.